The Bertz CT molecular complexity index is 482. The molecule has 1 aliphatic rings. The van der Waals surface area contributed by atoms with Crippen molar-refractivity contribution >= 4 is 0 Å². The number of rotatable bonds is 5. The Balaban J connectivity index is 2.02. The number of nitrogens with zero attached hydrogens (tertiary/aromatic N) is 1. The van der Waals surface area contributed by atoms with Crippen molar-refractivity contribution in [2.24, 2.45) is 5.73 Å². The third-order valence-corrected chi connectivity index (χ3v) is 3.91. The zero-order valence-electron chi connectivity index (χ0n) is 12.5. The highest BCUT2D eigenvalue weighted by atomic mass is 19.4. The molecule has 0 amide bonds. The minimum Gasteiger partial charge on any atom is -0.406 e. The van der Waals surface area contributed by atoms with Gasteiger partial charge in [-0.2, -0.15) is 0 Å². The molecule has 0 aromatic heterocycles. The van der Waals surface area contributed by atoms with Gasteiger partial charge >= 0.3 is 6.36 Å². The predicted octanol–water partition coefficient (Wildman–Crippen LogP) is 2.52. The maximum atomic E-state index is 12.3. The van der Waals surface area contributed by atoms with E-state index in [1.807, 2.05) is 0 Å². The van der Waals surface area contributed by atoms with Crippen LogP contribution in [-0.4, -0.2) is 43.6 Å². The second-order valence-electron chi connectivity index (χ2n) is 5.44. The molecule has 1 aliphatic heterocycles. The normalized spacial score (nSPS) is 23.5. The van der Waals surface area contributed by atoms with Gasteiger partial charge in [0.25, 0.3) is 0 Å². The maximum Gasteiger partial charge on any atom is 0.573 e. The van der Waals surface area contributed by atoms with Gasteiger partial charge in [0, 0.05) is 32.8 Å². The van der Waals surface area contributed by atoms with E-state index < -0.39 is 6.36 Å². The van der Waals surface area contributed by atoms with E-state index in [2.05, 4.69) is 9.64 Å². The van der Waals surface area contributed by atoms with Crippen LogP contribution in [0, 0.1) is 0 Å². The molecule has 0 radical (unpaired) electrons. The van der Waals surface area contributed by atoms with Crippen LogP contribution in [0.3, 0.4) is 0 Å². The lowest BCUT2D eigenvalue weighted by Crippen LogP contribution is -2.47. The van der Waals surface area contributed by atoms with Crippen molar-refractivity contribution in [3.05, 3.63) is 29.8 Å². The van der Waals surface area contributed by atoms with Gasteiger partial charge in [-0.15, -0.1) is 13.2 Å². The first kappa shape index (κ1) is 17.1. The molecule has 4 nitrogen and oxygen atoms in total. The zero-order chi connectivity index (χ0) is 16.2. The number of halogens is 3. The summed E-state index contributed by atoms with van der Waals surface area (Å²) < 4.78 is 46.1. The lowest BCUT2D eigenvalue weighted by molar-refractivity contribution is -0.274. The first-order valence-electron chi connectivity index (χ1n) is 7.23. The molecule has 2 N–H and O–H groups in total. The molecule has 2 unspecified atom stereocenters. The van der Waals surface area contributed by atoms with E-state index in [0.717, 1.165) is 24.9 Å². The van der Waals surface area contributed by atoms with Crippen LogP contribution in [0.25, 0.3) is 0 Å². The average Bonchev–Trinajstić information content (AvgIpc) is 2.46. The standard InChI is InChI=1S/C15H21F3N2O2/c1-21-13-5-6-20(12(8-13)9-19)10-11-3-2-4-14(7-11)22-15(16,17)18/h2-4,7,12-13H,5-6,8-10,19H2,1H3. The van der Waals surface area contributed by atoms with E-state index in [4.69, 9.17) is 10.5 Å². The monoisotopic (exact) mass is 318 g/mol. The summed E-state index contributed by atoms with van der Waals surface area (Å²) in [5, 5.41) is 0. The number of piperidine rings is 1. The highest BCUT2D eigenvalue weighted by Gasteiger charge is 2.31. The van der Waals surface area contributed by atoms with Crippen molar-refractivity contribution in [2.45, 2.75) is 37.9 Å². The van der Waals surface area contributed by atoms with Gasteiger partial charge in [-0.3, -0.25) is 4.90 Å². The number of hydrogen-bond donors (Lipinski definition) is 1. The van der Waals surface area contributed by atoms with Crippen LogP contribution in [0.5, 0.6) is 5.75 Å². The summed E-state index contributed by atoms with van der Waals surface area (Å²) in [6, 6.07) is 6.25. The molecule has 1 saturated heterocycles. The van der Waals surface area contributed by atoms with Gasteiger partial charge in [-0.05, 0) is 30.5 Å². The predicted molar refractivity (Wildman–Crippen MR) is 76.4 cm³/mol. The quantitative estimate of drug-likeness (QED) is 0.906. The molecule has 1 heterocycles. The van der Waals surface area contributed by atoms with E-state index in [9.17, 15) is 13.2 Å². The lowest BCUT2D eigenvalue weighted by atomic mass is 9.98. The summed E-state index contributed by atoms with van der Waals surface area (Å²) in [5.74, 6) is -0.193. The molecule has 2 rings (SSSR count). The molecule has 1 fully saturated rings. The first-order valence-corrected chi connectivity index (χ1v) is 7.23. The number of hydrogen-bond acceptors (Lipinski definition) is 4. The molecule has 1 aromatic carbocycles. The van der Waals surface area contributed by atoms with Gasteiger partial charge in [0.15, 0.2) is 0 Å². The van der Waals surface area contributed by atoms with Crippen molar-refractivity contribution in [1.82, 2.24) is 4.90 Å². The Labute approximate surface area is 128 Å². The van der Waals surface area contributed by atoms with Gasteiger partial charge in [0.05, 0.1) is 6.10 Å². The average molecular weight is 318 g/mol. The number of benzene rings is 1. The van der Waals surface area contributed by atoms with Gasteiger partial charge in [0.1, 0.15) is 5.75 Å². The van der Waals surface area contributed by atoms with Crippen molar-refractivity contribution in [1.29, 1.82) is 0 Å². The Morgan fingerprint density at radius 3 is 2.77 bits per heavy atom. The fraction of sp³-hybridized carbons (Fsp3) is 0.600. The van der Waals surface area contributed by atoms with Crippen molar-refractivity contribution in [3.8, 4) is 5.75 Å². The van der Waals surface area contributed by atoms with E-state index in [0.29, 0.717) is 13.1 Å². The maximum absolute atomic E-state index is 12.3. The Kier molecular flexibility index (Phi) is 5.66. The minimum atomic E-state index is -4.67. The zero-order valence-corrected chi connectivity index (χ0v) is 12.5. The van der Waals surface area contributed by atoms with Crippen LogP contribution in [-0.2, 0) is 11.3 Å². The number of methoxy groups -OCH3 is 1. The van der Waals surface area contributed by atoms with E-state index >= 15 is 0 Å². The number of alkyl halides is 3. The van der Waals surface area contributed by atoms with Crippen molar-refractivity contribution in [2.75, 3.05) is 20.2 Å². The third kappa shape index (κ3) is 4.86. The van der Waals surface area contributed by atoms with Gasteiger partial charge < -0.3 is 15.2 Å². The van der Waals surface area contributed by atoms with Crippen LogP contribution in [0.2, 0.25) is 0 Å². The van der Waals surface area contributed by atoms with Crippen LogP contribution in [0.1, 0.15) is 18.4 Å². The second kappa shape index (κ2) is 7.30. The lowest BCUT2D eigenvalue weighted by Gasteiger charge is -2.38. The SMILES string of the molecule is COC1CCN(Cc2cccc(OC(F)(F)F)c2)C(CN)C1. The smallest absolute Gasteiger partial charge is 0.406 e. The summed E-state index contributed by atoms with van der Waals surface area (Å²) in [5.41, 5.74) is 6.58. The summed E-state index contributed by atoms with van der Waals surface area (Å²) >= 11 is 0. The Hall–Kier alpha value is -1.31. The molecule has 0 saturated carbocycles. The summed E-state index contributed by atoms with van der Waals surface area (Å²) in [7, 11) is 1.69. The molecule has 2 atom stereocenters. The van der Waals surface area contributed by atoms with Crippen LogP contribution in [0.15, 0.2) is 24.3 Å². The Morgan fingerprint density at radius 2 is 2.14 bits per heavy atom. The largest absolute Gasteiger partial charge is 0.573 e. The molecule has 0 spiro atoms. The van der Waals surface area contributed by atoms with Crippen LogP contribution < -0.4 is 10.5 Å². The molecular weight excluding hydrogens is 297 g/mol. The topological polar surface area (TPSA) is 47.7 Å². The van der Waals surface area contributed by atoms with E-state index in [1.54, 1.807) is 19.2 Å². The summed E-state index contributed by atoms with van der Waals surface area (Å²) in [6.45, 7) is 1.86. The molecular formula is C15H21F3N2O2. The van der Waals surface area contributed by atoms with Gasteiger partial charge in [-0.1, -0.05) is 12.1 Å². The molecule has 7 heteroatoms. The van der Waals surface area contributed by atoms with E-state index in [1.165, 1.54) is 12.1 Å². The van der Waals surface area contributed by atoms with Crippen LogP contribution >= 0.6 is 0 Å². The second-order valence-corrected chi connectivity index (χ2v) is 5.44. The first-order chi connectivity index (χ1) is 10.4. The van der Waals surface area contributed by atoms with Gasteiger partial charge in [0.2, 0.25) is 0 Å². The minimum absolute atomic E-state index is 0.172. The fourth-order valence-electron chi connectivity index (χ4n) is 2.81. The fourth-order valence-corrected chi connectivity index (χ4v) is 2.81. The third-order valence-electron chi connectivity index (χ3n) is 3.91. The molecule has 1 aromatic rings. The Morgan fingerprint density at radius 1 is 1.36 bits per heavy atom. The number of nitrogens with two attached hydrogens (primary N) is 1. The summed E-state index contributed by atoms with van der Waals surface area (Å²) in [6.07, 6.45) is -2.74. The van der Waals surface area contributed by atoms with Crippen molar-refractivity contribution < 1.29 is 22.6 Å². The molecule has 0 aliphatic carbocycles. The van der Waals surface area contributed by atoms with Crippen LogP contribution in [0.4, 0.5) is 13.2 Å². The highest BCUT2D eigenvalue weighted by Crippen LogP contribution is 2.25. The van der Waals surface area contributed by atoms with E-state index in [-0.39, 0.29) is 17.9 Å². The highest BCUT2D eigenvalue weighted by molar-refractivity contribution is 5.28. The van der Waals surface area contributed by atoms with Crippen molar-refractivity contribution in [3.63, 3.8) is 0 Å². The molecule has 124 valence electrons. The number of likely N-dealkylation sites (tertiary alicyclic amines) is 1. The number of ether oxygens (including phenoxy) is 2. The summed E-state index contributed by atoms with van der Waals surface area (Å²) in [4.78, 5) is 2.18. The van der Waals surface area contributed by atoms with Gasteiger partial charge in [-0.25, -0.2) is 0 Å². The molecule has 0 bridgehead atoms. The molecule has 22 heavy (non-hydrogen) atoms.